The molecule has 0 fully saturated rings. The Kier molecular flexibility index (Phi) is 5.79. The third-order valence-electron chi connectivity index (χ3n) is 3.36. The van der Waals surface area contributed by atoms with E-state index in [1.54, 1.807) is 14.0 Å². The molecule has 0 saturated carbocycles. The minimum Gasteiger partial charge on any atom is -0.497 e. The highest BCUT2D eigenvalue weighted by Gasteiger charge is 2.16. The van der Waals surface area contributed by atoms with Crippen LogP contribution in [-0.4, -0.2) is 7.11 Å². The average Bonchev–Trinajstić information content (AvgIpc) is 2.49. The summed E-state index contributed by atoms with van der Waals surface area (Å²) in [7, 11) is 1.63. The van der Waals surface area contributed by atoms with Gasteiger partial charge < -0.3 is 4.74 Å². The van der Waals surface area contributed by atoms with Crippen molar-refractivity contribution < 1.29 is 9.13 Å². The van der Waals surface area contributed by atoms with E-state index >= 15 is 0 Å². The topological polar surface area (TPSA) is 9.23 Å². The Morgan fingerprint density at radius 1 is 1.19 bits per heavy atom. The normalized spacial score (nSPS) is 10.0. The number of fused-ring (bicyclic) bond motifs is 1. The summed E-state index contributed by atoms with van der Waals surface area (Å²) in [5, 5.41) is 1.75. The first-order valence-electron chi connectivity index (χ1n) is 7.27. The number of hydrogen-bond acceptors (Lipinski definition) is 1. The molecule has 0 aliphatic rings. The molecule has 0 atom stereocenters. The number of aryl methyl sites for hydroxylation is 1. The minimum atomic E-state index is -0.304. The van der Waals surface area contributed by atoms with Crippen molar-refractivity contribution in [1.29, 1.82) is 0 Å². The zero-order valence-corrected chi connectivity index (χ0v) is 13.7. The van der Waals surface area contributed by atoms with Gasteiger partial charge in [-0.3, -0.25) is 0 Å². The summed E-state index contributed by atoms with van der Waals surface area (Å²) in [6, 6.07) is 5.65. The fourth-order valence-corrected chi connectivity index (χ4v) is 2.37. The van der Waals surface area contributed by atoms with Crippen molar-refractivity contribution in [3.63, 3.8) is 0 Å². The second kappa shape index (κ2) is 7.13. The van der Waals surface area contributed by atoms with Crippen molar-refractivity contribution in [2.75, 3.05) is 7.11 Å². The molecular formula is C19H23FO. The molecule has 2 rings (SSSR count). The molecule has 0 amide bonds. The van der Waals surface area contributed by atoms with Crippen molar-refractivity contribution in [3.05, 3.63) is 40.7 Å². The molecule has 21 heavy (non-hydrogen) atoms. The van der Waals surface area contributed by atoms with E-state index in [1.807, 2.05) is 32.0 Å². The monoisotopic (exact) mass is 286 g/mol. The maximum atomic E-state index is 14.2. The Balaban J connectivity index is 0.00000106. The molecule has 0 bridgehead atoms. The summed E-state index contributed by atoms with van der Waals surface area (Å²) in [5.41, 5.74) is 1.92. The average molecular weight is 286 g/mol. The zero-order chi connectivity index (χ0) is 16.2. The number of terminal acetylenes is 1. The third-order valence-corrected chi connectivity index (χ3v) is 3.36. The van der Waals surface area contributed by atoms with Crippen molar-refractivity contribution in [2.24, 2.45) is 0 Å². The van der Waals surface area contributed by atoms with Gasteiger partial charge in [0, 0.05) is 5.39 Å². The van der Waals surface area contributed by atoms with Gasteiger partial charge in [-0.2, -0.15) is 0 Å². The molecule has 2 aromatic rings. The van der Waals surface area contributed by atoms with Crippen molar-refractivity contribution in [3.8, 4) is 18.1 Å². The Labute approximate surface area is 127 Å². The molecule has 0 saturated heterocycles. The molecule has 0 spiro atoms. The number of rotatable bonds is 2. The first-order valence-corrected chi connectivity index (χ1v) is 7.27. The quantitative estimate of drug-likeness (QED) is 0.669. The zero-order valence-electron chi connectivity index (χ0n) is 13.7. The number of halogens is 1. The first kappa shape index (κ1) is 17.0. The lowest BCUT2D eigenvalue weighted by Crippen LogP contribution is -1.98. The first-order chi connectivity index (χ1) is 9.99. The van der Waals surface area contributed by atoms with Crippen LogP contribution in [0.2, 0.25) is 0 Å². The summed E-state index contributed by atoms with van der Waals surface area (Å²) in [6.07, 6.45) is 5.50. The largest absolute Gasteiger partial charge is 0.497 e. The standard InChI is InChI=1S/C17H17FO.C2H6/c1-6-14-16-12(7-11(4)17(14)18)8-13(19-5)9-15(16)10(2)3;1-2/h1,7-10H,2-5H3;1-2H3. The molecule has 0 aromatic heterocycles. The van der Waals surface area contributed by atoms with Crippen molar-refractivity contribution in [1.82, 2.24) is 0 Å². The van der Waals surface area contributed by atoms with Crippen LogP contribution >= 0.6 is 0 Å². The lowest BCUT2D eigenvalue weighted by atomic mass is 9.91. The fourth-order valence-electron chi connectivity index (χ4n) is 2.37. The highest BCUT2D eigenvalue weighted by molar-refractivity contribution is 5.93. The minimum absolute atomic E-state index is 0.242. The van der Waals surface area contributed by atoms with Gasteiger partial charge in [-0.05, 0) is 47.6 Å². The van der Waals surface area contributed by atoms with Crippen LogP contribution < -0.4 is 4.74 Å². The van der Waals surface area contributed by atoms with Crippen LogP contribution in [0.4, 0.5) is 4.39 Å². The number of hydrogen-bond donors (Lipinski definition) is 0. The van der Waals surface area contributed by atoms with Crippen LogP contribution in [0.5, 0.6) is 5.75 Å². The Hall–Kier alpha value is -2.01. The smallest absolute Gasteiger partial charge is 0.142 e. The molecule has 0 heterocycles. The maximum Gasteiger partial charge on any atom is 0.142 e. The molecule has 0 radical (unpaired) electrons. The van der Waals surface area contributed by atoms with E-state index in [-0.39, 0.29) is 11.7 Å². The summed E-state index contributed by atoms with van der Waals surface area (Å²) >= 11 is 0. The van der Waals surface area contributed by atoms with Gasteiger partial charge in [0.15, 0.2) is 0 Å². The number of methoxy groups -OCH3 is 1. The van der Waals surface area contributed by atoms with Gasteiger partial charge in [0.05, 0.1) is 12.7 Å². The van der Waals surface area contributed by atoms with E-state index in [2.05, 4.69) is 19.8 Å². The molecule has 1 nitrogen and oxygen atoms in total. The molecule has 112 valence electrons. The molecule has 0 aliphatic heterocycles. The van der Waals surface area contributed by atoms with E-state index in [4.69, 9.17) is 11.2 Å². The predicted octanol–water partition coefficient (Wildman–Crippen LogP) is 5.43. The van der Waals surface area contributed by atoms with E-state index < -0.39 is 0 Å². The summed E-state index contributed by atoms with van der Waals surface area (Å²) < 4.78 is 19.5. The third kappa shape index (κ3) is 3.19. The van der Waals surface area contributed by atoms with Gasteiger partial charge in [0.25, 0.3) is 0 Å². The molecule has 2 aromatic carbocycles. The van der Waals surface area contributed by atoms with Gasteiger partial charge in [-0.15, -0.1) is 6.42 Å². The summed E-state index contributed by atoms with van der Waals surface area (Å²) in [5.74, 6) is 3.20. The molecule has 0 N–H and O–H groups in total. The second-order valence-electron chi connectivity index (χ2n) is 5.00. The van der Waals surface area contributed by atoms with Gasteiger partial charge >= 0.3 is 0 Å². The summed E-state index contributed by atoms with van der Waals surface area (Å²) in [6.45, 7) is 9.85. The van der Waals surface area contributed by atoms with Gasteiger partial charge in [0.2, 0.25) is 0 Å². The second-order valence-corrected chi connectivity index (χ2v) is 5.00. The number of benzene rings is 2. The van der Waals surface area contributed by atoms with Crippen LogP contribution in [-0.2, 0) is 0 Å². The van der Waals surface area contributed by atoms with Crippen LogP contribution in [0.25, 0.3) is 10.8 Å². The van der Waals surface area contributed by atoms with Gasteiger partial charge in [-0.25, -0.2) is 4.39 Å². The van der Waals surface area contributed by atoms with Crippen molar-refractivity contribution in [2.45, 2.75) is 40.5 Å². The lowest BCUT2D eigenvalue weighted by molar-refractivity contribution is 0.414. The fraction of sp³-hybridized carbons (Fsp3) is 0.368. The molecule has 0 unspecified atom stereocenters. The highest BCUT2D eigenvalue weighted by atomic mass is 19.1. The molecule has 0 aliphatic carbocycles. The van der Waals surface area contributed by atoms with Gasteiger partial charge in [-0.1, -0.05) is 33.6 Å². The van der Waals surface area contributed by atoms with Crippen LogP contribution in [0.1, 0.15) is 50.3 Å². The van der Waals surface area contributed by atoms with E-state index in [1.165, 1.54) is 0 Å². The van der Waals surface area contributed by atoms with Crippen LogP contribution in [0.15, 0.2) is 18.2 Å². The van der Waals surface area contributed by atoms with E-state index in [9.17, 15) is 4.39 Å². The predicted molar refractivity (Wildman–Crippen MR) is 88.6 cm³/mol. The Bertz CT molecular complexity index is 678. The summed E-state index contributed by atoms with van der Waals surface area (Å²) in [4.78, 5) is 0. The lowest BCUT2D eigenvalue weighted by Gasteiger charge is -2.15. The highest BCUT2D eigenvalue weighted by Crippen LogP contribution is 2.34. The van der Waals surface area contributed by atoms with Gasteiger partial charge in [0.1, 0.15) is 11.6 Å². The van der Waals surface area contributed by atoms with Crippen molar-refractivity contribution >= 4 is 10.8 Å². The van der Waals surface area contributed by atoms with Crippen LogP contribution in [0.3, 0.4) is 0 Å². The maximum absolute atomic E-state index is 14.2. The Morgan fingerprint density at radius 2 is 1.81 bits per heavy atom. The van der Waals surface area contributed by atoms with E-state index in [0.29, 0.717) is 11.1 Å². The number of ether oxygens (including phenoxy) is 1. The van der Waals surface area contributed by atoms with E-state index in [0.717, 1.165) is 22.1 Å². The van der Waals surface area contributed by atoms with Crippen LogP contribution in [0, 0.1) is 25.1 Å². The molecular weight excluding hydrogens is 263 g/mol. The molecule has 2 heteroatoms. The Morgan fingerprint density at radius 3 is 2.29 bits per heavy atom. The SMILES string of the molecule is C#Cc1c(F)c(C)cc2cc(OC)cc(C(C)C)c12.CC.